The van der Waals surface area contributed by atoms with Crippen molar-refractivity contribution >= 4 is 11.4 Å². The van der Waals surface area contributed by atoms with Crippen molar-refractivity contribution in [2.45, 2.75) is 19.4 Å². The normalized spacial score (nSPS) is 13.9. The predicted octanol–water partition coefficient (Wildman–Crippen LogP) is 3.23. The lowest BCUT2D eigenvalue weighted by atomic mass is 10.0. The van der Waals surface area contributed by atoms with Crippen LogP contribution in [0.4, 0.5) is 11.4 Å². The molecule has 0 spiro atoms. The summed E-state index contributed by atoms with van der Waals surface area (Å²) in [6.07, 6.45) is 2.38. The van der Waals surface area contributed by atoms with Crippen LogP contribution in [0.1, 0.15) is 17.5 Å². The number of rotatable bonds is 3. The van der Waals surface area contributed by atoms with Crippen LogP contribution < -0.4 is 15.4 Å². The zero-order valence-corrected chi connectivity index (χ0v) is 11.8. The molecule has 0 atom stereocenters. The van der Waals surface area contributed by atoms with Gasteiger partial charge in [-0.05, 0) is 42.2 Å². The number of nitrogens with two attached hydrogens (primary N) is 1. The molecular formula is C17H20N2O. The summed E-state index contributed by atoms with van der Waals surface area (Å²) in [4.78, 5) is 2.42. The highest BCUT2D eigenvalue weighted by Gasteiger charge is 2.16. The Hall–Kier alpha value is -2.16. The molecule has 0 amide bonds. The average Bonchev–Trinajstić information content (AvgIpc) is 2.47. The van der Waals surface area contributed by atoms with Gasteiger partial charge in [-0.1, -0.05) is 18.2 Å². The highest BCUT2D eigenvalue weighted by Crippen LogP contribution is 2.29. The molecule has 1 heterocycles. The Morgan fingerprint density at radius 2 is 2.05 bits per heavy atom. The summed E-state index contributed by atoms with van der Waals surface area (Å²) in [6.45, 7) is 1.96. The number of aryl methyl sites for hydroxylation is 1. The number of methoxy groups -OCH3 is 1. The monoisotopic (exact) mass is 268 g/mol. The van der Waals surface area contributed by atoms with Crippen molar-refractivity contribution in [1.29, 1.82) is 0 Å². The van der Waals surface area contributed by atoms with Gasteiger partial charge in [-0.2, -0.15) is 0 Å². The molecule has 0 aliphatic carbocycles. The maximum absolute atomic E-state index is 5.94. The molecule has 3 heteroatoms. The van der Waals surface area contributed by atoms with Gasteiger partial charge in [-0.15, -0.1) is 0 Å². The summed E-state index contributed by atoms with van der Waals surface area (Å²) in [5.41, 5.74) is 10.7. The van der Waals surface area contributed by atoms with Gasteiger partial charge in [0.2, 0.25) is 0 Å². The van der Waals surface area contributed by atoms with Gasteiger partial charge in [0.25, 0.3) is 0 Å². The van der Waals surface area contributed by atoms with Gasteiger partial charge in [0, 0.05) is 30.5 Å². The molecular weight excluding hydrogens is 248 g/mol. The molecule has 2 aromatic rings. The second kappa shape index (κ2) is 5.45. The SMILES string of the molecule is COc1cc(N)cc(CN2CCCc3ccccc32)c1. The van der Waals surface area contributed by atoms with E-state index in [0.29, 0.717) is 0 Å². The van der Waals surface area contributed by atoms with Crippen molar-refractivity contribution in [2.75, 3.05) is 24.3 Å². The second-order valence-electron chi connectivity index (χ2n) is 5.27. The van der Waals surface area contributed by atoms with E-state index in [1.807, 2.05) is 12.1 Å². The first-order valence-electron chi connectivity index (χ1n) is 7.02. The molecule has 0 aromatic heterocycles. The fourth-order valence-electron chi connectivity index (χ4n) is 2.89. The quantitative estimate of drug-likeness (QED) is 0.869. The van der Waals surface area contributed by atoms with Crippen LogP contribution in [-0.2, 0) is 13.0 Å². The number of ether oxygens (including phenoxy) is 1. The van der Waals surface area contributed by atoms with Gasteiger partial charge in [0.15, 0.2) is 0 Å². The predicted molar refractivity (Wildman–Crippen MR) is 83.2 cm³/mol. The number of hydrogen-bond donors (Lipinski definition) is 1. The van der Waals surface area contributed by atoms with E-state index in [0.717, 1.165) is 24.5 Å². The molecule has 3 rings (SSSR count). The highest BCUT2D eigenvalue weighted by atomic mass is 16.5. The van der Waals surface area contributed by atoms with E-state index in [1.165, 1.54) is 29.7 Å². The summed E-state index contributed by atoms with van der Waals surface area (Å²) in [5, 5.41) is 0. The van der Waals surface area contributed by atoms with Gasteiger partial charge in [0.05, 0.1) is 7.11 Å². The molecule has 0 saturated heterocycles. The number of nitrogens with zero attached hydrogens (tertiary/aromatic N) is 1. The van der Waals surface area contributed by atoms with E-state index in [-0.39, 0.29) is 0 Å². The lowest BCUT2D eigenvalue weighted by Crippen LogP contribution is -2.28. The van der Waals surface area contributed by atoms with Crippen LogP contribution in [0, 0.1) is 0 Å². The van der Waals surface area contributed by atoms with E-state index in [4.69, 9.17) is 10.5 Å². The standard InChI is InChI=1S/C17H20N2O/c1-20-16-10-13(9-15(18)11-16)12-19-8-4-6-14-5-2-3-7-17(14)19/h2-3,5,7,9-11H,4,6,8,12,18H2,1H3. The Morgan fingerprint density at radius 3 is 2.90 bits per heavy atom. The van der Waals surface area contributed by atoms with Crippen molar-refractivity contribution < 1.29 is 4.74 Å². The first-order chi connectivity index (χ1) is 9.76. The molecule has 0 saturated carbocycles. The van der Waals surface area contributed by atoms with E-state index in [2.05, 4.69) is 35.2 Å². The Morgan fingerprint density at radius 1 is 1.20 bits per heavy atom. The Kier molecular flexibility index (Phi) is 3.50. The molecule has 2 N–H and O–H groups in total. The minimum Gasteiger partial charge on any atom is -0.497 e. The van der Waals surface area contributed by atoms with Crippen LogP contribution in [0.3, 0.4) is 0 Å². The van der Waals surface area contributed by atoms with Crippen molar-refractivity contribution in [1.82, 2.24) is 0 Å². The Labute approximate surface area is 120 Å². The molecule has 104 valence electrons. The van der Waals surface area contributed by atoms with Gasteiger partial charge in [0.1, 0.15) is 5.75 Å². The third kappa shape index (κ3) is 2.57. The fourth-order valence-corrected chi connectivity index (χ4v) is 2.89. The van der Waals surface area contributed by atoms with E-state index >= 15 is 0 Å². The van der Waals surface area contributed by atoms with Crippen molar-refractivity contribution in [3.05, 3.63) is 53.6 Å². The molecule has 3 nitrogen and oxygen atoms in total. The van der Waals surface area contributed by atoms with E-state index in [1.54, 1.807) is 7.11 Å². The van der Waals surface area contributed by atoms with Crippen LogP contribution in [0.25, 0.3) is 0 Å². The second-order valence-corrected chi connectivity index (χ2v) is 5.27. The molecule has 20 heavy (non-hydrogen) atoms. The van der Waals surface area contributed by atoms with Gasteiger partial charge >= 0.3 is 0 Å². The highest BCUT2D eigenvalue weighted by molar-refractivity contribution is 5.56. The largest absolute Gasteiger partial charge is 0.497 e. The molecule has 0 unspecified atom stereocenters. The smallest absolute Gasteiger partial charge is 0.121 e. The zero-order valence-electron chi connectivity index (χ0n) is 11.8. The fraction of sp³-hybridized carbons (Fsp3) is 0.294. The van der Waals surface area contributed by atoms with Crippen molar-refractivity contribution in [3.63, 3.8) is 0 Å². The molecule has 1 aliphatic rings. The van der Waals surface area contributed by atoms with Gasteiger partial charge in [-0.25, -0.2) is 0 Å². The van der Waals surface area contributed by atoms with Crippen LogP contribution in [0.2, 0.25) is 0 Å². The van der Waals surface area contributed by atoms with Gasteiger partial charge < -0.3 is 15.4 Å². The first-order valence-corrected chi connectivity index (χ1v) is 7.02. The van der Waals surface area contributed by atoms with Crippen LogP contribution in [-0.4, -0.2) is 13.7 Å². The number of fused-ring (bicyclic) bond motifs is 1. The van der Waals surface area contributed by atoms with E-state index < -0.39 is 0 Å². The van der Waals surface area contributed by atoms with Crippen LogP contribution in [0.15, 0.2) is 42.5 Å². The number of anilines is 2. The summed E-state index contributed by atoms with van der Waals surface area (Å²) < 4.78 is 5.30. The third-order valence-electron chi connectivity index (χ3n) is 3.80. The van der Waals surface area contributed by atoms with E-state index in [9.17, 15) is 0 Å². The molecule has 1 aliphatic heterocycles. The summed E-state index contributed by atoms with van der Waals surface area (Å²) in [6, 6.07) is 14.6. The number of nitrogen functional groups attached to an aromatic ring is 1. The van der Waals surface area contributed by atoms with Crippen molar-refractivity contribution in [2.24, 2.45) is 0 Å². The first kappa shape index (κ1) is 12.9. The average molecular weight is 268 g/mol. The minimum absolute atomic E-state index is 0.754. The lowest BCUT2D eigenvalue weighted by Gasteiger charge is -2.31. The maximum Gasteiger partial charge on any atom is 0.121 e. The molecule has 0 bridgehead atoms. The zero-order chi connectivity index (χ0) is 13.9. The Balaban J connectivity index is 1.87. The van der Waals surface area contributed by atoms with Crippen molar-refractivity contribution in [3.8, 4) is 5.75 Å². The van der Waals surface area contributed by atoms with Crippen LogP contribution >= 0.6 is 0 Å². The topological polar surface area (TPSA) is 38.5 Å². The molecule has 0 fully saturated rings. The number of para-hydroxylation sites is 1. The Bertz CT molecular complexity index is 610. The number of benzene rings is 2. The third-order valence-corrected chi connectivity index (χ3v) is 3.80. The van der Waals surface area contributed by atoms with Crippen LogP contribution in [0.5, 0.6) is 5.75 Å². The summed E-state index contributed by atoms with van der Waals surface area (Å²) in [5.74, 6) is 0.824. The minimum atomic E-state index is 0.754. The van der Waals surface area contributed by atoms with Gasteiger partial charge in [-0.3, -0.25) is 0 Å². The number of hydrogen-bond acceptors (Lipinski definition) is 3. The summed E-state index contributed by atoms with van der Waals surface area (Å²) >= 11 is 0. The molecule has 0 radical (unpaired) electrons. The maximum atomic E-state index is 5.94. The lowest BCUT2D eigenvalue weighted by molar-refractivity contribution is 0.414. The molecule has 2 aromatic carbocycles. The summed E-state index contributed by atoms with van der Waals surface area (Å²) in [7, 11) is 1.68.